The highest BCUT2D eigenvalue weighted by molar-refractivity contribution is 5.81. The summed E-state index contributed by atoms with van der Waals surface area (Å²) >= 11 is 0. The molecule has 3 nitrogen and oxygen atoms in total. The van der Waals surface area contributed by atoms with E-state index in [2.05, 4.69) is 10.6 Å². The van der Waals surface area contributed by atoms with E-state index in [1.54, 1.807) is 0 Å². The van der Waals surface area contributed by atoms with Crippen LogP contribution in [-0.4, -0.2) is 18.5 Å². The maximum absolute atomic E-state index is 11.6. The van der Waals surface area contributed by atoms with E-state index in [-0.39, 0.29) is 11.9 Å². The molecule has 0 aliphatic carbocycles. The molecule has 1 atom stereocenters. The van der Waals surface area contributed by atoms with E-state index in [0.29, 0.717) is 6.54 Å². The fourth-order valence-corrected chi connectivity index (χ4v) is 1.82. The van der Waals surface area contributed by atoms with Crippen molar-refractivity contribution in [2.45, 2.75) is 25.4 Å². The smallest absolute Gasteiger partial charge is 0.237 e. The number of benzene rings is 1. The van der Waals surface area contributed by atoms with E-state index >= 15 is 0 Å². The van der Waals surface area contributed by atoms with E-state index in [4.69, 9.17) is 0 Å². The SMILES string of the molecule is O=C(NCc1ccccc1)[C@@H]1CCCN1. The number of carbonyl (C=O) groups excluding carboxylic acids is 1. The van der Waals surface area contributed by atoms with Crippen molar-refractivity contribution >= 4 is 5.91 Å². The molecule has 0 unspecified atom stereocenters. The van der Waals surface area contributed by atoms with Crippen LogP contribution in [-0.2, 0) is 11.3 Å². The highest BCUT2D eigenvalue weighted by Crippen LogP contribution is 2.05. The molecule has 0 aromatic heterocycles. The second kappa shape index (κ2) is 4.94. The molecule has 2 N–H and O–H groups in total. The van der Waals surface area contributed by atoms with E-state index in [0.717, 1.165) is 24.9 Å². The second-order valence-electron chi connectivity index (χ2n) is 3.85. The topological polar surface area (TPSA) is 41.1 Å². The van der Waals surface area contributed by atoms with Gasteiger partial charge >= 0.3 is 0 Å². The Labute approximate surface area is 89.9 Å². The molecule has 2 rings (SSSR count). The molecule has 1 aromatic carbocycles. The lowest BCUT2D eigenvalue weighted by atomic mass is 10.2. The largest absolute Gasteiger partial charge is 0.351 e. The zero-order valence-electron chi connectivity index (χ0n) is 8.70. The predicted octanol–water partition coefficient (Wildman–Crippen LogP) is 1.05. The van der Waals surface area contributed by atoms with Gasteiger partial charge in [0.1, 0.15) is 0 Å². The van der Waals surface area contributed by atoms with E-state index in [9.17, 15) is 4.79 Å². The van der Waals surface area contributed by atoms with Crippen molar-refractivity contribution in [1.82, 2.24) is 10.6 Å². The predicted molar refractivity (Wildman–Crippen MR) is 59.3 cm³/mol. The molecule has 1 fully saturated rings. The summed E-state index contributed by atoms with van der Waals surface area (Å²) in [5.74, 6) is 0.122. The van der Waals surface area contributed by atoms with Gasteiger partial charge < -0.3 is 10.6 Å². The van der Waals surface area contributed by atoms with Gasteiger partial charge in [0.25, 0.3) is 0 Å². The first kappa shape index (κ1) is 10.2. The Morgan fingerprint density at radius 2 is 2.20 bits per heavy atom. The fraction of sp³-hybridized carbons (Fsp3) is 0.417. The lowest BCUT2D eigenvalue weighted by Gasteiger charge is -2.10. The number of rotatable bonds is 3. The van der Waals surface area contributed by atoms with Gasteiger partial charge in [0.15, 0.2) is 0 Å². The number of nitrogens with one attached hydrogen (secondary N) is 2. The van der Waals surface area contributed by atoms with Crippen molar-refractivity contribution in [3.63, 3.8) is 0 Å². The summed E-state index contributed by atoms with van der Waals surface area (Å²) in [7, 11) is 0. The molecule has 1 heterocycles. The third-order valence-electron chi connectivity index (χ3n) is 2.69. The van der Waals surface area contributed by atoms with Gasteiger partial charge in [-0.3, -0.25) is 4.79 Å². The van der Waals surface area contributed by atoms with Crippen molar-refractivity contribution in [3.05, 3.63) is 35.9 Å². The molecule has 0 bridgehead atoms. The van der Waals surface area contributed by atoms with Crippen LogP contribution >= 0.6 is 0 Å². The van der Waals surface area contributed by atoms with E-state index in [1.807, 2.05) is 30.3 Å². The summed E-state index contributed by atoms with van der Waals surface area (Å²) in [5.41, 5.74) is 1.14. The summed E-state index contributed by atoms with van der Waals surface area (Å²) in [6.07, 6.45) is 2.06. The molecular formula is C12H16N2O. The molecule has 1 aliphatic heterocycles. The third-order valence-corrected chi connectivity index (χ3v) is 2.69. The zero-order chi connectivity index (χ0) is 10.5. The molecule has 3 heteroatoms. The van der Waals surface area contributed by atoms with E-state index < -0.39 is 0 Å². The summed E-state index contributed by atoms with van der Waals surface area (Å²) in [4.78, 5) is 11.6. The third kappa shape index (κ3) is 2.80. The first-order valence-corrected chi connectivity index (χ1v) is 5.41. The lowest BCUT2D eigenvalue weighted by Crippen LogP contribution is -2.39. The molecule has 80 valence electrons. The van der Waals surface area contributed by atoms with Gasteiger partial charge in [-0.25, -0.2) is 0 Å². The average molecular weight is 204 g/mol. The van der Waals surface area contributed by atoms with Crippen LogP contribution in [0.5, 0.6) is 0 Å². The minimum absolute atomic E-state index is 0.0220. The van der Waals surface area contributed by atoms with Crippen molar-refractivity contribution in [1.29, 1.82) is 0 Å². The van der Waals surface area contributed by atoms with Crippen LogP contribution in [0.25, 0.3) is 0 Å². The maximum Gasteiger partial charge on any atom is 0.237 e. The molecule has 1 saturated heterocycles. The van der Waals surface area contributed by atoms with Gasteiger partial charge in [0.2, 0.25) is 5.91 Å². The second-order valence-corrected chi connectivity index (χ2v) is 3.85. The van der Waals surface area contributed by atoms with Gasteiger partial charge in [-0.05, 0) is 24.9 Å². The molecule has 0 radical (unpaired) electrons. The first-order chi connectivity index (χ1) is 7.36. The molecule has 0 spiro atoms. The normalized spacial score (nSPS) is 20.1. The fourth-order valence-electron chi connectivity index (χ4n) is 1.82. The van der Waals surface area contributed by atoms with E-state index in [1.165, 1.54) is 0 Å². The lowest BCUT2D eigenvalue weighted by molar-refractivity contribution is -0.122. The number of carbonyl (C=O) groups is 1. The molecule has 1 aromatic rings. The van der Waals surface area contributed by atoms with Crippen LogP contribution in [0.2, 0.25) is 0 Å². The number of hydrogen-bond acceptors (Lipinski definition) is 2. The molecule has 15 heavy (non-hydrogen) atoms. The van der Waals surface area contributed by atoms with Gasteiger partial charge in [0.05, 0.1) is 6.04 Å². The van der Waals surface area contributed by atoms with Crippen molar-refractivity contribution in [2.24, 2.45) is 0 Å². The number of amides is 1. The van der Waals surface area contributed by atoms with Crippen molar-refractivity contribution in [2.75, 3.05) is 6.54 Å². The average Bonchev–Trinajstić information content (AvgIpc) is 2.81. The first-order valence-electron chi connectivity index (χ1n) is 5.41. The molecule has 1 aliphatic rings. The summed E-state index contributed by atoms with van der Waals surface area (Å²) in [5, 5.41) is 6.12. The Morgan fingerprint density at radius 1 is 1.40 bits per heavy atom. The van der Waals surface area contributed by atoms with Crippen molar-refractivity contribution in [3.8, 4) is 0 Å². The Hall–Kier alpha value is -1.35. The Balaban J connectivity index is 1.80. The van der Waals surface area contributed by atoms with Crippen molar-refractivity contribution < 1.29 is 4.79 Å². The van der Waals surface area contributed by atoms with Crippen LogP contribution in [0, 0.1) is 0 Å². The van der Waals surface area contributed by atoms with Crippen LogP contribution in [0.15, 0.2) is 30.3 Å². The van der Waals surface area contributed by atoms with Crippen LogP contribution in [0.3, 0.4) is 0 Å². The highest BCUT2D eigenvalue weighted by atomic mass is 16.2. The minimum Gasteiger partial charge on any atom is -0.351 e. The monoisotopic (exact) mass is 204 g/mol. The summed E-state index contributed by atoms with van der Waals surface area (Å²) < 4.78 is 0. The Morgan fingerprint density at radius 3 is 2.87 bits per heavy atom. The molecular weight excluding hydrogens is 188 g/mol. The standard InChI is InChI=1S/C12H16N2O/c15-12(11-7-4-8-13-11)14-9-10-5-2-1-3-6-10/h1-3,5-6,11,13H,4,7-9H2,(H,14,15)/t11-/m0/s1. The molecule has 0 saturated carbocycles. The zero-order valence-corrected chi connectivity index (χ0v) is 8.70. The van der Waals surface area contributed by atoms with Gasteiger partial charge in [-0.2, -0.15) is 0 Å². The van der Waals surface area contributed by atoms with Gasteiger partial charge in [0, 0.05) is 6.54 Å². The number of hydrogen-bond donors (Lipinski definition) is 2. The summed E-state index contributed by atoms with van der Waals surface area (Å²) in [6.45, 7) is 1.58. The minimum atomic E-state index is 0.0220. The van der Waals surface area contributed by atoms with Gasteiger partial charge in [-0.1, -0.05) is 30.3 Å². The molecule has 1 amide bonds. The van der Waals surface area contributed by atoms with Crippen LogP contribution in [0.4, 0.5) is 0 Å². The van der Waals surface area contributed by atoms with Crippen LogP contribution in [0.1, 0.15) is 18.4 Å². The van der Waals surface area contributed by atoms with Crippen LogP contribution < -0.4 is 10.6 Å². The Bertz CT molecular complexity index is 318. The summed E-state index contributed by atoms with van der Waals surface area (Å²) in [6, 6.07) is 9.99. The Kier molecular flexibility index (Phi) is 3.35. The van der Waals surface area contributed by atoms with Gasteiger partial charge in [-0.15, -0.1) is 0 Å². The quantitative estimate of drug-likeness (QED) is 0.773. The highest BCUT2D eigenvalue weighted by Gasteiger charge is 2.21. The maximum atomic E-state index is 11.6.